The second kappa shape index (κ2) is 10.2. The fourth-order valence-electron chi connectivity index (χ4n) is 17.3. The lowest BCUT2D eigenvalue weighted by Gasteiger charge is -2.36. The van der Waals surface area contributed by atoms with Crippen molar-refractivity contribution in [2.75, 3.05) is 46.7 Å². The molecule has 22 saturated heterocycles. The molecule has 0 aliphatic carbocycles. The molecular formula is C36H30N28O13. The summed E-state index contributed by atoms with van der Waals surface area (Å²) in [7, 11) is 0. The van der Waals surface area contributed by atoms with E-state index in [4.69, 9.17) is 0 Å². The van der Waals surface area contributed by atoms with Gasteiger partial charge in [-0.25, -0.2) is 132 Å². The van der Waals surface area contributed by atoms with Crippen LogP contribution in [-0.4, -0.2) is 350 Å². The lowest BCUT2D eigenvalue weighted by atomic mass is 10.4. The third kappa shape index (κ3) is 3.03. The summed E-state index contributed by atoms with van der Waals surface area (Å²) in [5.41, 5.74) is 0. The van der Waals surface area contributed by atoms with Gasteiger partial charge in [-0.3, -0.25) is 58.8 Å². The highest BCUT2D eigenvalue weighted by Gasteiger charge is 2.84. The van der Waals surface area contributed by atoms with Crippen molar-refractivity contribution in [2.24, 2.45) is 0 Å². The average Bonchev–Trinajstić information content (AvgIpc) is 3.71. The average molecular weight is 1060 g/mol. The van der Waals surface area contributed by atoms with Crippen molar-refractivity contribution in [3.63, 3.8) is 0 Å². The summed E-state index contributed by atoms with van der Waals surface area (Å²) < 4.78 is 0. The summed E-state index contributed by atoms with van der Waals surface area (Å²) in [5.74, 6) is 0.170. The van der Waals surface area contributed by atoms with Gasteiger partial charge in [-0.05, 0) is 0 Å². The molecule has 0 aromatic carbocycles. The summed E-state index contributed by atoms with van der Waals surface area (Å²) in [6, 6.07) is -12.0. The SMILES string of the molecule is C=C1N2CN3C(=O)N4CN5C(=O)N6CN7C(=O)N8CN9C(=O)N%10CN%11C(=O)N%12CN%13C(=O)N%14CN1C1C2N2C(=O)N1N1C(=O)N(C%13C%141)N1C(=O)N(C%11C%121)N1C(=O)N(C9C%101)N1C(=O)N(C7C81)N1C(=O)N(C5C61)N1C(=O)N2C3C41. The predicted octanol–water partition coefficient (Wildman–Crippen LogP) is -6.55. The largest absolute Gasteiger partial charge is 0.362 e. The zero-order valence-electron chi connectivity index (χ0n) is 38.6. The van der Waals surface area contributed by atoms with Gasteiger partial charge in [-0.15, -0.1) is 0 Å². The molecule has 0 radical (unpaired) electrons. The Hall–Kier alpha value is -10.2. The fourth-order valence-corrected chi connectivity index (χ4v) is 17.3. The van der Waals surface area contributed by atoms with Gasteiger partial charge in [0, 0.05) is 0 Å². The first-order valence-corrected chi connectivity index (χ1v) is 24.7. The first-order chi connectivity index (χ1) is 37.1. The quantitative estimate of drug-likeness (QED) is 0.218. The maximum absolute atomic E-state index is 15.9. The first kappa shape index (κ1) is 37.6. The number of amides is 26. The summed E-state index contributed by atoms with van der Waals surface area (Å²) >= 11 is 0. The van der Waals surface area contributed by atoms with Gasteiger partial charge in [0.25, 0.3) is 0 Å². The van der Waals surface area contributed by atoms with Crippen LogP contribution in [-0.2, 0) is 0 Å². The van der Waals surface area contributed by atoms with E-state index in [0.29, 0.717) is 0 Å². The molecule has 22 fully saturated rings. The van der Waals surface area contributed by atoms with Crippen molar-refractivity contribution < 1.29 is 62.3 Å². The molecule has 22 aliphatic rings. The van der Waals surface area contributed by atoms with Crippen LogP contribution in [0.15, 0.2) is 12.4 Å². The zero-order chi connectivity index (χ0) is 51.3. The van der Waals surface area contributed by atoms with Gasteiger partial charge < -0.3 is 9.80 Å². The number of carbonyl (C=O) groups excluding carboxylic acids is 13. The molecule has 22 aliphatic heterocycles. The Balaban J connectivity index is 0.810. The monoisotopic (exact) mass is 1060 g/mol. The van der Waals surface area contributed by atoms with Crippen molar-refractivity contribution in [3.05, 3.63) is 12.4 Å². The van der Waals surface area contributed by atoms with Crippen LogP contribution in [0.25, 0.3) is 0 Å². The molecule has 14 unspecified atom stereocenters. The van der Waals surface area contributed by atoms with E-state index in [0.717, 1.165) is 89.7 Å². The minimum atomic E-state index is -1.49. The van der Waals surface area contributed by atoms with Gasteiger partial charge in [0.05, 0.1) is 0 Å². The Bertz CT molecular complexity index is 2640. The molecule has 14 atom stereocenters. The van der Waals surface area contributed by atoms with E-state index in [-0.39, 0.29) is 19.2 Å². The highest BCUT2D eigenvalue weighted by molar-refractivity contribution is 5.99. The van der Waals surface area contributed by atoms with Gasteiger partial charge in [-0.2, -0.15) is 0 Å². The second-order valence-corrected chi connectivity index (χ2v) is 22.3. The highest BCUT2D eigenvalue weighted by atomic mass is 16.3. The van der Waals surface area contributed by atoms with E-state index >= 15 is 62.3 Å². The Morgan fingerprint density at radius 3 is 0.416 bits per heavy atom. The Kier molecular flexibility index (Phi) is 4.97. The number of carbonyl (C=O) groups is 13. The van der Waals surface area contributed by atoms with Crippen molar-refractivity contribution in [3.8, 4) is 0 Å². The molecule has 22 heterocycles. The van der Waals surface area contributed by atoms with Crippen LogP contribution < -0.4 is 0 Å². The van der Waals surface area contributed by atoms with Crippen LogP contribution in [0.2, 0.25) is 0 Å². The van der Waals surface area contributed by atoms with Crippen molar-refractivity contribution in [1.82, 2.24) is 139 Å². The summed E-state index contributed by atoms with van der Waals surface area (Å²) in [6.45, 7) is 0.872. The number of hydrazine groups is 7. The lowest BCUT2D eigenvalue weighted by molar-refractivity contribution is -0.0212. The van der Waals surface area contributed by atoms with Crippen molar-refractivity contribution >= 4 is 78.4 Å². The Morgan fingerprint density at radius 2 is 0.286 bits per heavy atom. The number of hydrogen-bond donors (Lipinski definition) is 0. The predicted molar refractivity (Wildman–Crippen MR) is 218 cm³/mol. The third-order valence-corrected chi connectivity index (χ3v) is 20.0. The summed E-state index contributed by atoms with van der Waals surface area (Å²) in [4.78, 5) is 219. The van der Waals surface area contributed by atoms with Crippen LogP contribution in [0.5, 0.6) is 0 Å². The molecular weight excluding hydrogens is 1030 g/mol. The van der Waals surface area contributed by atoms with Crippen LogP contribution in [0.3, 0.4) is 0 Å². The maximum atomic E-state index is 15.9. The molecule has 0 aromatic heterocycles. The first-order valence-electron chi connectivity index (χ1n) is 24.7. The van der Waals surface area contributed by atoms with Crippen LogP contribution in [0.4, 0.5) is 62.3 Å². The maximum Gasteiger partial charge on any atom is 0.362 e. The molecule has 392 valence electrons. The van der Waals surface area contributed by atoms with Crippen LogP contribution in [0.1, 0.15) is 0 Å². The molecule has 22 rings (SSSR count). The van der Waals surface area contributed by atoms with E-state index in [2.05, 4.69) is 6.58 Å². The van der Waals surface area contributed by atoms with Crippen LogP contribution in [0, 0.1) is 0 Å². The molecule has 28 bridgehead atoms. The molecule has 26 amide bonds. The van der Waals surface area contributed by atoms with E-state index < -0.39 is 198 Å². The number of nitrogens with zero attached hydrogens (tertiary/aromatic N) is 28. The fraction of sp³-hybridized carbons (Fsp3) is 0.583. The normalized spacial score (nSPS) is 41.8. The van der Waals surface area contributed by atoms with Crippen LogP contribution >= 0.6 is 0 Å². The van der Waals surface area contributed by atoms with E-state index in [9.17, 15) is 0 Å². The molecule has 0 spiro atoms. The lowest BCUT2D eigenvalue weighted by Crippen LogP contribution is -2.61. The van der Waals surface area contributed by atoms with Gasteiger partial charge in [0.15, 0.2) is 86.3 Å². The molecule has 0 aromatic rings. The zero-order valence-corrected chi connectivity index (χ0v) is 38.6. The van der Waals surface area contributed by atoms with Crippen molar-refractivity contribution in [2.45, 2.75) is 86.3 Å². The third-order valence-electron chi connectivity index (χ3n) is 20.0. The Labute approximate surface area is 424 Å². The molecule has 0 N–H and O–H groups in total. The van der Waals surface area contributed by atoms with Gasteiger partial charge >= 0.3 is 78.4 Å². The number of rotatable bonds is 0. The standard InChI is InChI=1S/C36H30N28O13/c1-9-37-2-39-12-14-41(24(39)65)4-43-16-18-45(26(43)67)6-47-20-22-49(28(47)69)8-50-23-21-48(29(50)70)7-46-19-17-44(27(46)68)5-42-15-13-40(25(42)66)3-38(9)11-10(37)51-30(71)52(11)54(13)32(73)56(15)58(17)34(75)60(19)62(21)36(77)64(23)63(22)35(76)61(20)59(18)33(74)57(16)55(14)31(72)53(12)51/h10-23H,1-8H2. The van der Waals surface area contributed by atoms with E-state index in [1.165, 1.54) is 39.2 Å². The minimum absolute atomic E-state index is 0.170. The molecule has 0 saturated carbocycles. The van der Waals surface area contributed by atoms with E-state index in [1.54, 1.807) is 9.80 Å². The summed E-state index contributed by atoms with van der Waals surface area (Å²) in [5, 5.41) is 14.1. The number of hydrogen-bond acceptors (Lipinski definition) is 15. The topological polar surface area (TPSA) is 313 Å². The minimum Gasteiger partial charge on any atom is -0.315 e. The smallest absolute Gasteiger partial charge is 0.315 e. The van der Waals surface area contributed by atoms with Gasteiger partial charge in [0.2, 0.25) is 0 Å². The number of urea groups is 13. The van der Waals surface area contributed by atoms with Crippen molar-refractivity contribution in [1.29, 1.82) is 0 Å². The van der Waals surface area contributed by atoms with Gasteiger partial charge in [0.1, 0.15) is 52.5 Å². The molecule has 77 heavy (non-hydrogen) atoms. The van der Waals surface area contributed by atoms with Gasteiger partial charge in [-0.1, -0.05) is 6.58 Å². The Morgan fingerprint density at radius 1 is 0.182 bits per heavy atom. The highest BCUT2D eigenvalue weighted by Crippen LogP contribution is 2.58. The van der Waals surface area contributed by atoms with E-state index in [1.807, 2.05) is 0 Å². The summed E-state index contributed by atoms with van der Waals surface area (Å²) in [6.07, 6.45) is -20.1. The molecule has 41 nitrogen and oxygen atoms in total. The molecule has 41 heteroatoms. The second-order valence-electron chi connectivity index (χ2n) is 22.3.